The summed E-state index contributed by atoms with van der Waals surface area (Å²) >= 11 is 6.09. The van der Waals surface area contributed by atoms with Crippen LogP contribution >= 0.6 is 11.6 Å². The van der Waals surface area contributed by atoms with Crippen LogP contribution < -0.4 is 5.32 Å². The molecule has 6 heteroatoms. The van der Waals surface area contributed by atoms with Gasteiger partial charge in [0.2, 0.25) is 0 Å². The number of nitrogens with one attached hydrogen (secondary N) is 1. The molecule has 22 heavy (non-hydrogen) atoms. The molecule has 1 aromatic carbocycles. The monoisotopic (exact) mass is 318 g/mol. The molecule has 0 bridgehead atoms. The van der Waals surface area contributed by atoms with Crippen LogP contribution in [0.25, 0.3) is 5.57 Å². The highest BCUT2D eigenvalue weighted by atomic mass is 35.5. The van der Waals surface area contributed by atoms with Crippen molar-refractivity contribution in [1.29, 1.82) is 0 Å². The summed E-state index contributed by atoms with van der Waals surface area (Å²) in [5, 5.41) is 3.96. The molecule has 0 amide bonds. The standard InChI is InChI=1S/C16H15ClN2O3/c1-21-16(20)22-10-11-7-14(12-3-2-4-13(17)8-12)15-18-5-6-19(15)9-11/h2-9,15,18H,10H2,1H3. The second kappa shape index (κ2) is 6.15. The van der Waals surface area contributed by atoms with Crippen molar-refractivity contribution in [2.24, 2.45) is 0 Å². The zero-order valence-corrected chi connectivity index (χ0v) is 12.7. The molecule has 2 heterocycles. The highest BCUT2D eigenvalue weighted by Gasteiger charge is 2.27. The van der Waals surface area contributed by atoms with Gasteiger partial charge in [-0.25, -0.2) is 4.79 Å². The van der Waals surface area contributed by atoms with E-state index in [0.717, 1.165) is 16.7 Å². The first-order valence-corrected chi connectivity index (χ1v) is 7.14. The molecule has 5 nitrogen and oxygen atoms in total. The van der Waals surface area contributed by atoms with Crippen LogP contribution in [-0.2, 0) is 9.47 Å². The first-order chi connectivity index (χ1) is 10.7. The van der Waals surface area contributed by atoms with Crippen LogP contribution in [0.5, 0.6) is 0 Å². The van der Waals surface area contributed by atoms with Gasteiger partial charge in [0.05, 0.1) is 7.11 Å². The molecular formula is C16H15ClN2O3. The maximum atomic E-state index is 11.1. The van der Waals surface area contributed by atoms with E-state index in [0.29, 0.717) is 5.02 Å². The highest BCUT2D eigenvalue weighted by molar-refractivity contribution is 6.30. The van der Waals surface area contributed by atoms with E-state index in [2.05, 4.69) is 10.1 Å². The molecule has 1 N–H and O–H groups in total. The van der Waals surface area contributed by atoms with Crippen molar-refractivity contribution < 1.29 is 14.3 Å². The Hall–Kier alpha value is -2.40. The summed E-state index contributed by atoms with van der Waals surface area (Å²) < 4.78 is 9.50. The quantitative estimate of drug-likeness (QED) is 0.868. The minimum Gasteiger partial charge on any atom is -0.438 e. The number of carbonyl (C=O) groups excluding carboxylic acids is 1. The third kappa shape index (κ3) is 2.94. The molecule has 2 aliphatic rings. The van der Waals surface area contributed by atoms with E-state index in [9.17, 15) is 4.79 Å². The van der Waals surface area contributed by atoms with Crippen molar-refractivity contribution in [3.63, 3.8) is 0 Å². The molecular weight excluding hydrogens is 304 g/mol. The van der Waals surface area contributed by atoms with Crippen molar-refractivity contribution in [2.45, 2.75) is 6.17 Å². The van der Waals surface area contributed by atoms with E-state index in [-0.39, 0.29) is 12.8 Å². The molecule has 114 valence electrons. The average molecular weight is 319 g/mol. The van der Waals surface area contributed by atoms with Crippen molar-refractivity contribution >= 4 is 23.3 Å². The predicted octanol–water partition coefficient (Wildman–Crippen LogP) is 3.11. The van der Waals surface area contributed by atoms with Crippen molar-refractivity contribution in [3.05, 3.63) is 65.1 Å². The minimum atomic E-state index is -0.698. The third-order valence-corrected chi connectivity index (χ3v) is 3.67. The SMILES string of the molecule is COC(=O)OCC1=CN2C=CNC2C(c2cccc(Cl)c2)=C1. The molecule has 1 unspecified atom stereocenters. The van der Waals surface area contributed by atoms with Gasteiger partial charge >= 0.3 is 6.16 Å². The number of ether oxygens (including phenoxy) is 2. The van der Waals surface area contributed by atoms with Crippen LogP contribution in [-0.4, -0.2) is 30.9 Å². The molecule has 1 atom stereocenters. The Labute approximate surface area is 133 Å². The summed E-state index contributed by atoms with van der Waals surface area (Å²) in [5.41, 5.74) is 2.94. The van der Waals surface area contributed by atoms with Gasteiger partial charge in [0.1, 0.15) is 12.8 Å². The van der Waals surface area contributed by atoms with Gasteiger partial charge in [-0.2, -0.15) is 0 Å². The molecule has 3 rings (SSSR count). The number of hydrogen-bond donors (Lipinski definition) is 1. The molecule has 2 aliphatic heterocycles. The number of halogens is 1. The van der Waals surface area contributed by atoms with E-state index < -0.39 is 6.16 Å². The van der Waals surface area contributed by atoms with Gasteiger partial charge in [0.15, 0.2) is 0 Å². The second-order valence-corrected chi connectivity index (χ2v) is 5.33. The fourth-order valence-corrected chi connectivity index (χ4v) is 2.65. The topological polar surface area (TPSA) is 50.8 Å². The zero-order valence-electron chi connectivity index (χ0n) is 12.0. The lowest BCUT2D eigenvalue weighted by Crippen LogP contribution is -2.35. The number of rotatable bonds is 3. The van der Waals surface area contributed by atoms with E-state index in [4.69, 9.17) is 16.3 Å². The van der Waals surface area contributed by atoms with Crippen LogP contribution in [0.3, 0.4) is 0 Å². The number of fused-ring (bicyclic) bond motifs is 1. The van der Waals surface area contributed by atoms with E-state index >= 15 is 0 Å². The van der Waals surface area contributed by atoms with Crippen LogP contribution in [0.4, 0.5) is 4.79 Å². The van der Waals surface area contributed by atoms with Gasteiger partial charge in [-0.05, 0) is 23.8 Å². The Bertz CT molecular complexity index is 682. The van der Waals surface area contributed by atoms with Crippen molar-refractivity contribution in [2.75, 3.05) is 13.7 Å². The van der Waals surface area contributed by atoms with Gasteiger partial charge in [0, 0.05) is 34.8 Å². The van der Waals surface area contributed by atoms with Gasteiger partial charge in [0.25, 0.3) is 0 Å². The van der Waals surface area contributed by atoms with Crippen molar-refractivity contribution in [1.82, 2.24) is 10.2 Å². The Balaban J connectivity index is 1.88. The van der Waals surface area contributed by atoms with Gasteiger partial charge in [-0.3, -0.25) is 0 Å². The molecule has 0 aromatic heterocycles. The summed E-state index contributed by atoms with van der Waals surface area (Å²) in [6, 6.07) is 7.66. The predicted molar refractivity (Wildman–Crippen MR) is 83.8 cm³/mol. The Morgan fingerprint density at radius 3 is 3.09 bits per heavy atom. The smallest absolute Gasteiger partial charge is 0.438 e. The first kappa shape index (κ1) is 14.5. The average Bonchev–Trinajstić information content (AvgIpc) is 3.00. The van der Waals surface area contributed by atoms with Crippen LogP contribution in [0.1, 0.15) is 5.56 Å². The maximum absolute atomic E-state index is 11.1. The fraction of sp³-hybridized carbons (Fsp3) is 0.188. The van der Waals surface area contributed by atoms with Gasteiger partial charge in [-0.15, -0.1) is 0 Å². The molecule has 0 fully saturated rings. The Morgan fingerprint density at radius 2 is 2.32 bits per heavy atom. The molecule has 0 saturated heterocycles. The van der Waals surface area contributed by atoms with Gasteiger partial charge < -0.3 is 19.7 Å². The van der Waals surface area contributed by atoms with Crippen LogP contribution in [0.15, 0.2) is 54.5 Å². The number of nitrogens with zero attached hydrogens (tertiary/aromatic N) is 1. The lowest BCUT2D eigenvalue weighted by Gasteiger charge is -2.30. The second-order valence-electron chi connectivity index (χ2n) is 4.89. The largest absolute Gasteiger partial charge is 0.508 e. The summed E-state index contributed by atoms with van der Waals surface area (Å²) in [6.07, 6.45) is 7.05. The van der Waals surface area contributed by atoms with Crippen LogP contribution in [0, 0.1) is 0 Å². The normalized spacial score (nSPS) is 19.0. The number of hydrogen-bond acceptors (Lipinski definition) is 5. The zero-order chi connectivity index (χ0) is 15.5. The maximum Gasteiger partial charge on any atom is 0.508 e. The Kier molecular flexibility index (Phi) is 4.06. The lowest BCUT2D eigenvalue weighted by atomic mass is 9.98. The molecule has 0 aliphatic carbocycles. The fourth-order valence-electron chi connectivity index (χ4n) is 2.46. The minimum absolute atomic E-state index is 0.0142. The van der Waals surface area contributed by atoms with E-state index in [1.165, 1.54) is 7.11 Å². The number of methoxy groups -OCH3 is 1. The van der Waals surface area contributed by atoms with Crippen molar-refractivity contribution in [3.8, 4) is 0 Å². The summed E-state index contributed by atoms with van der Waals surface area (Å²) in [4.78, 5) is 13.1. The Morgan fingerprint density at radius 1 is 1.45 bits per heavy atom. The number of carbonyl (C=O) groups is 1. The third-order valence-electron chi connectivity index (χ3n) is 3.43. The van der Waals surface area contributed by atoms with Crippen LogP contribution in [0.2, 0.25) is 5.02 Å². The molecule has 1 aromatic rings. The summed E-state index contributed by atoms with van der Waals surface area (Å²) in [7, 11) is 1.29. The lowest BCUT2D eigenvalue weighted by molar-refractivity contribution is 0.0801. The number of benzene rings is 1. The van der Waals surface area contributed by atoms with E-state index in [1.54, 1.807) is 0 Å². The summed E-state index contributed by atoms with van der Waals surface area (Å²) in [6.45, 7) is 0.147. The van der Waals surface area contributed by atoms with E-state index in [1.807, 2.05) is 53.8 Å². The first-order valence-electron chi connectivity index (χ1n) is 6.76. The highest BCUT2D eigenvalue weighted by Crippen LogP contribution is 2.31. The molecule has 0 saturated carbocycles. The molecule has 0 spiro atoms. The van der Waals surface area contributed by atoms with Gasteiger partial charge in [-0.1, -0.05) is 23.7 Å². The molecule has 0 radical (unpaired) electrons. The summed E-state index contributed by atoms with van der Waals surface area (Å²) in [5.74, 6) is 0.